The second-order valence-corrected chi connectivity index (χ2v) is 5.11. The van der Waals surface area contributed by atoms with Gasteiger partial charge in [0.1, 0.15) is 5.15 Å². The molecule has 0 saturated carbocycles. The zero-order valence-electron chi connectivity index (χ0n) is 9.67. The van der Waals surface area contributed by atoms with E-state index in [1.54, 1.807) is 4.68 Å². The van der Waals surface area contributed by atoms with Crippen molar-refractivity contribution in [2.75, 3.05) is 5.32 Å². The molecule has 90 valence electrons. The van der Waals surface area contributed by atoms with Gasteiger partial charge in [0, 0.05) is 29.3 Å². The number of rotatable bonds is 3. The summed E-state index contributed by atoms with van der Waals surface area (Å²) < 4.78 is 2.76. The standard InChI is InChI=1S/C12H13BrClN3/c1-8-11(12(14)17(2)16-8)7-15-10-5-3-9(13)4-6-10/h3-6,15H,7H2,1-2H3. The predicted molar refractivity (Wildman–Crippen MR) is 74.4 cm³/mol. The lowest BCUT2D eigenvalue weighted by atomic mass is 10.2. The molecule has 1 N–H and O–H groups in total. The van der Waals surface area contributed by atoms with E-state index in [-0.39, 0.29) is 0 Å². The molecule has 0 aliphatic carbocycles. The topological polar surface area (TPSA) is 29.9 Å². The van der Waals surface area contributed by atoms with Gasteiger partial charge in [-0.2, -0.15) is 5.10 Å². The van der Waals surface area contributed by atoms with Gasteiger partial charge >= 0.3 is 0 Å². The number of nitrogens with one attached hydrogen (secondary N) is 1. The summed E-state index contributed by atoms with van der Waals surface area (Å²) in [5, 5.41) is 8.29. The van der Waals surface area contributed by atoms with Crippen molar-refractivity contribution in [3.63, 3.8) is 0 Å². The molecule has 0 radical (unpaired) electrons. The molecular weight excluding hydrogens is 302 g/mol. The molecule has 0 atom stereocenters. The molecule has 3 nitrogen and oxygen atoms in total. The zero-order chi connectivity index (χ0) is 12.4. The monoisotopic (exact) mass is 313 g/mol. The maximum Gasteiger partial charge on any atom is 0.131 e. The Morgan fingerprint density at radius 1 is 1.35 bits per heavy atom. The van der Waals surface area contributed by atoms with Crippen molar-refractivity contribution < 1.29 is 0 Å². The Hall–Kier alpha value is -1.000. The Morgan fingerprint density at radius 2 is 2.00 bits per heavy atom. The van der Waals surface area contributed by atoms with E-state index in [2.05, 4.69) is 26.3 Å². The highest BCUT2D eigenvalue weighted by atomic mass is 79.9. The Morgan fingerprint density at radius 3 is 2.53 bits per heavy atom. The van der Waals surface area contributed by atoms with E-state index in [1.165, 1.54) is 0 Å². The fourth-order valence-electron chi connectivity index (χ4n) is 1.63. The molecule has 0 spiro atoms. The number of aryl methyl sites for hydroxylation is 2. The van der Waals surface area contributed by atoms with Crippen molar-refractivity contribution in [1.29, 1.82) is 0 Å². The van der Waals surface area contributed by atoms with Crippen LogP contribution in [0.25, 0.3) is 0 Å². The van der Waals surface area contributed by atoms with Crippen LogP contribution in [-0.4, -0.2) is 9.78 Å². The minimum atomic E-state index is 0.681. The second kappa shape index (κ2) is 5.10. The number of benzene rings is 1. The van der Waals surface area contributed by atoms with Gasteiger partial charge in [-0.25, -0.2) is 0 Å². The molecule has 1 aromatic carbocycles. The first-order valence-electron chi connectivity index (χ1n) is 5.25. The Bertz CT molecular complexity index is 519. The number of halogens is 2. The first-order valence-corrected chi connectivity index (χ1v) is 6.42. The first kappa shape index (κ1) is 12.5. The normalized spacial score (nSPS) is 10.6. The fourth-order valence-corrected chi connectivity index (χ4v) is 2.14. The van der Waals surface area contributed by atoms with Crippen LogP contribution in [0.4, 0.5) is 5.69 Å². The molecule has 0 aliphatic rings. The van der Waals surface area contributed by atoms with Crippen molar-refractivity contribution in [3.05, 3.63) is 45.1 Å². The minimum Gasteiger partial charge on any atom is -0.381 e. The summed E-state index contributed by atoms with van der Waals surface area (Å²) >= 11 is 9.56. The number of hydrogen-bond acceptors (Lipinski definition) is 2. The van der Waals surface area contributed by atoms with Crippen LogP contribution in [-0.2, 0) is 13.6 Å². The van der Waals surface area contributed by atoms with E-state index in [0.29, 0.717) is 11.7 Å². The third-order valence-electron chi connectivity index (χ3n) is 2.58. The van der Waals surface area contributed by atoms with Gasteiger partial charge in [-0.3, -0.25) is 4.68 Å². The van der Waals surface area contributed by atoms with Gasteiger partial charge in [0.15, 0.2) is 0 Å². The molecular formula is C12H13BrClN3. The number of hydrogen-bond donors (Lipinski definition) is 1. The zero-order valence-corrected chi connectivity index (χ0v) is 12.0. The van der Waals surface area contributed by atoms with E-state index in [4.69, 9.17) is 11.6 Å². The highest BCUT2D eigenvalue weighted by Gasteiger charge is 2.10. The van der Waals surface area contributed by atoms with Gasteiger partial charge in [-0.1, -0.05) is 27.5 Å². The molecule has 0 bridgehead atoms. The summed E-state index contributed by atoms with van der Waals surface area (Å²) in [4.78, 5) is 0. The minimum absolute atomic E-state index is 0.681. The lowest BCUT2D eigenvalue weighted by Crippen LogP contribution is -2.00. The van der Waals surface area contributed by atoms with E-state index in [9.17, 15) is 0 Å². The second-order valence-electron chi connectivity index (χ2n) is 3.84. The lowest BCUT2D eigenvalue weighted by Gasteiger charge is -2.06. The van der Waals surface area contributed by atoms with Crippen LogP contribution in [0.15, 0.2) is 28.7 Å². The van der Waals surface area contributed by atoms with Crippen molar-refractivity contribution in [1.82, 2.24) is 9.78 Å². The fraction of sp³-hybridized carbons (Fsp3) is 0.250. The van der Waals surface area contributed by atoms with Crippen molar-refractivity contribution in [3.8, 4) is 0 Å². The van der Waals surface area contributed by atoms with Crippen LogP contribution in [0, 0.1) is 6.92 Å². The molecule has 0 unspecified atom stereocenters. The largest absolute Gasteiger partial charge is 0.381 e. The van der Waals surface area contributed by atoms with E-state index in [0.717, 1.165) is 21.4 Å². The van der Waals surface area contributed by atoms with E-state index < -0.39 is 0 Å². The Labute approximate surface area is 114 Å². The van der Waals surface area contributed by atoms with Gasteiger partial charge in [0.05, 0.1) is 5.69 Å². The molecule has 0 amide bonds. The van der Waals surface area contributed by atoms with Crippen molar-refractivity contribution in [2.24, 2.45) is 7.05 Å². The molecule has 0 fully saturated rings. The third-order valence-corrected chi connectivity index (χ3v) is 3.58. The van der Waals surface area contributed by atoms with Crippen LogP contribution in [0.3, 0.4) is 0 Å². The van der Waals surface area contributed by atoms with Crippen LogP contribution in [0.1, 0.15) is 11.3 Å². The maximum absolute atomic E-state index is 6.16. The van der Waals surface area contributed by atoms with Gasteiger partial charge in [0.2, 0.25) is 0 Å². The average Bonchev–Trinajstić information content (AvgIpc) is 2.54. The summed E-state index contributed by atoms with van der Waals surface area (Å²) in [6.07, 6.45) is 0. The van der Waals surface area contributed by atoms with Gasteiger partial charge < -0.3 is 5.32 Å². The average molecular weight is 315 g/mol. The molecule has 5 heteroatoms. The molecule has 17 heavy (non-hydrogen) atoms. The summed E-state index contributed by atoms with van der Waals surface area (Å²) in [5.74, 6) is 0. The van der Waals surface area contributed by atoms with Gasteiger partial charge in [-0.05, 0) is 31.2 Å². The number of nitrogens with zero attached hydrogens (tertiary/aromatic N) is 2. The van der Waals surface area contributed by atoms with Gasteiger partial charge in [0.25, 0.3) is 0 Å². The third kappa shape index (κ3) is 2.82. The summed E-state index contributed by atoms with van der Waals surface area (Å²) in [5.41, 5.74) is 3.06. The lowest BCUT2D eigenvalue weighted by molar-refractivity contribution is 0.757. The van der Waals surface area contributed by atoms with Crippen LogP contribution >= 0.6 is 27.5 Å². The SMILES string of the molecule is Cc1nn(C)c(Cl)c1CNc1ccc(Br)cc1. The molecule has 2 aromatic rings. The molecule has 1 aromatic heterocycles. The Kier molecular flexibility index (Phi) is 3.74. The smallest absolute Gasteiger partial charge is 0.131 e. The Balaban J connectivity index is 2.09. The summed E-state index contributed by atoms with van der Waals surface area (Å²) in [7, 11) is 1.85. The van der Waals surface area contributed by atoms with E-state index in [1.807, 2.05) is 38.2 Å². The predicted octanol–water partition coefficient (Wildman–Crippen LogP) is 3.76. The van der Waals surface area contributed by atoms with Gasteiger partial charge in [-0.15, -0.1) is 0 Å². The van der Waals surface area contributed by atoms with E-state index >= 15 is 0 Å². The summed E-state index contributed by atoms with van der Waals surface area (Å²) in [6, 6.07) is 8.04. The van der Waals surface area contributed by atoms with Crippen LogP contribution in [0.2, 0.25) is 5.15 Å². The number of aromatic nitrogens is 2. The molecule has 1 heterocycles. The highest BCUT2D eigenvalue weighted by molar-refractivity contribution is 9.10. The molecule has 0 saturated heterocycles. The first-order chi connectivity index (χ1) is 8.08. The van der Waals surface area contributed by atoms with Crippen molar-refractivity contribution >= 4 is 33.2 Å². The number of anilines is 1. The molecule has 2 rings (SSSR count). The van der Waals surface area contributed by atoms with Crippen LogP contribution in [0.5, 0.6) is 0 Å². The molecule has 0 aliphatic heterocycles. The quantitative estimate of drug-likeness (QED) is 0.935. The van der Waals surface area contributed by atoms with Crippen molar-refractivity contribution in [2.45, 2.75) is 13.5 Å². The van der Waals surface area contributed by atoms with Crippen LogP contribution < -0.4 is 5.32 Å². The highest BCUT2D eigenvalue weighted by Crippen LogP contribution is 2.20. The summed E-state index contributed by atoms with van der Waals surface area (Å²) in [6.45, 7) is 2.64. The maximum atomic E-state index is 6.16.